The van der Waals surface area contributed by atoms with Crippen molar-refractivity contribution < 1.29 is 9.47 Å². The number of nitrogen functional groups attached to an aromatic ring is 1. The largest absolute Gasteiger partial charge is 0.454 e. The Hall–Kier alpha value is -3.01. The molecular formula is C12H8N4O3. The second-order valence-corrected chi connectivity index (χ2v) is 3.85. The van der Waals surface area contributed by atoms with Gasteiger partial charge in [-0.1, -0.05) is 0 Å². The Kier molecular flexibility index (Phi) is 2.35. The number of benzene rings is 1. The highest BCUT2D eigenvalue weighted by Gasteiger charge is 2.17. The Morgan fingerprint density at radius 2 is 2.16 bits per heavy atom. The predicted molar refractivity (Wildman–Crippen MR) is 65.5 cm³/mol. The van der Waals surface area contributed by atoms with Gasteiger partial charge in [0.2, 0.25) is 12.7 Å². The lowest BCUT2D eigenvalue weighted by Crippen LogP contribution is -2.16. The number of hydrogen-bond donors (Lipinski definition) is 2. The van der Waals surface area contributed by atoms with E-state index in [1.165, 1.54) is 0 Å². The average molecular weight is 256 g/mol. The maximum atomic E-state index is 11.6. The Labute approximate surface area is 107 Å². The maximum absolute atomic E-state index is 11.6. The van der Waals surface area contributed by atoms with Crippen molar-refractivity contribution in [3.8, 4) is 28.8 Å². The number of rotatable bonds is 1. The zero-order chi connectivity index (χ0) is 13.4. The lowest BCUT2D eigenvalue weighted by molar-refractivity contribution is 0.174. The summed E-state index contributed by atoms with van der Waals surface area (Å²) in [6.07, 6.45) is 0. The number of nitrogens with zero attached hydrogens (tertiary/aromatic N) is 2. The molecule has 94 valence electrons. The van der Waals surface area contributed by atoms with Crippen LogP contribution in [0.5, 0.6) is 11.5 Å². The van der Waals surface area contributed by atoms with Crippen molar-refractivity contribution in [2.45, 2.75) is 0 Å². The van der Waals surface area contributed by atoms with Gasteiger partial charge in [0.25, 0.3) is 5.56 Å². The normalized spacial score (nSPS) is 12.2. The van der Waals surface area contributed by atoms with E-state index < -0.39 is 5.56 Å². The molecule has 0 fully saturated rings. The summed E-state index contributed by atoms with van der Waals surface area (Å²) in [7, 11) is 0. The Morgan fingerprint density at radius 3 is 2.95 bits per heavy atom. The molecule has 1 aliphatic heterocycles. The van der Waals surface area contributed by atoms with E-state index in [9.17, 15) is 4.79 Å². The standard InChI is InChI=1S/C12H8N4O3/c13-4-7-10(15-12(14)16-11(7)17)6-1-2-8-9(3-6)19-5-18-8/h1-3H,5H2,(H3,14,15,16,17). The van der Waals surface area contributed by atoms with Gasteiger partial charge in [-0.2, -0.15) is 5.26 Å². The summed E-state index contributed by atoms with van der Waals surface area (Å²) in [5.41, 5.74) is 5.64. The quantitative estimate of drug-likeness (QED) is 0.773. The molecule has 1 aromatic heterocycles. The van der Waals surface area contributed by atoms with Crippen molar-refractivity contribution in [3.05, 3.63) is 34.1 Å². The van der Waals surface area contributed by atoms with E-state index in [1.807, 2.05) is 6.07 Å². The minimum atomic E-state index is -0.567. The fourth-order valence-electron chi connectivity index (χ4n) is 1.85. The van der Waals surface area contributed by atoms with Crippen LogP contribution in [0.25, 0.3) is 11.3 Å². The summed E-state index contributed by atoms with van der Waals surface area (Å²) in [5, 5.41) is 9.04. The monoisotopic (exact) mass is 256 g/mol. The van der Waals surface area contributed by atoms with Crippen LogP contribution in [0.1, 0.15) is 5.56 Å². The number of nitrogens with two attached hydrogens (primary N) is 1. The molecule has 1 aliphatic rings. The summed E-state index contributed by atoms with van der Waals surface area (Å²) >= 11 is 0. The number of anilines is 1. The summed E-state index contributed by atoms with van der Waals surface area (Å²) in [4.78, 5) is 17.9. The van der Waals surface area contributed by atoms with Gasteiger partial charge in [-0.15, -0.1) is 0 Å². The first-order valence-electron chi connectivity index (χ1n) is 5.39. The molecule has 2 heterocycles. The first kappa shape index (κ1) is 11.1. The van der Waals surface area contributed by atoms with Gasteiger partial charge in [-0.05, 0) is 18.2 Å². The molecule has 7 nitrogen and oxygen atoms in total. The third-order valence-corrected chi connectivity index (χ3v) is 2.70. The van der Waals surface area contributed by atoms with Crippen molar-refractivity contribution in [2.24, 2.45) is 0 Å². The minimum absolute atomic E-state index is 0.0448. The van der Waals surface area contributed by atoms with Gasteiger partial charge < -0.3 is 15.2 Å². The number of aromatic nitrogens is 2. The van der Waals surface area contributed by atoms with E-state index in [1.54, 1.807) is 18.2 Å². The van der Waals surface area contributed by atoms with Gasteiger partial charge in [-0.3, -0.25) is 9.78 Å². The fraction of sp³-hybridized carbons (Fsp3) is 0.0833. The highest BCUT2D eigenvalue weighted by Crippen LogP contribution is 2.35. The molecule has 0 aliphatic carbocycles. The van der Waals surface area contributed by atoms with Crippen LogP contribution < -0.4 is 20.8 Å². The van der Waals surface area contributed by atoms with E-state index in [-0.39, 0.29) is 24.0 Å². The van der Waals surface area contributed by atoms with Crippen LogP contribution in [-0.2, 0) is 0 Å². The zero-order valence-corrected chi connectivity index (χ0v) is 9.64. The van der Waals surface area contributed by atoms with Gasteiger partial charge in [0.1, 0.15) is 11.6 Å². The molecule has 3 N–H and O–H groups in total. The number of nitriles is 1. The smallest absolute Gasteiger partial charge is 0.270 e. The van der Waals surface area contributed by atoms with E-state index >= 15 is 0 Å². The topological polar surface area (TPSA) is 114 Å². The second kappa shape index (κ2) is 4.03. The fourth-order valence-corrected chi connectivity index (χ4v) is 1.85. The van der Waals surface area contributed by atoms with Crippen molar-refractivity contribution in [1.29, 1.82) is 5.26 Å². The molecule has 2 aromatic rings. The molecule has 0 saturated heterocycles. The molecule has 0 spiro atoms. The van der Waals surface area contributed by atoms with Gasteiger partial charge in [0.05, 0.1) is 5.69 Å². The molecular weight excluding hydrogens is 248 g/mol. The van der Waals surface area contributed by atoms with Crippen LogP contribution in [0.3, 0.4) is 0 Å². The molecule has 7 heteroatoms. The van der Waals surface area contributed by atoms with Crippen LogP contribution >= 0.6 is 0 Å². The van der Waals surface area contributed by atoms with Crippen LogP contribution in [0, 0.1) is 11.3 Å². The summed E-state index contributed by atoms with van der Waals surface area (Å²) in [5.74, 6) is 1.11. The van der Waals surface area contributed by atoms with Crippen molar-refractivity contribution in [2.75, 3.05) is 12.5 Å². The van der Waals surface area contributed by atoms with E-state index in [0.717, 1.165) is 0 Å². The number of fused-ring (bicyclic) bond motifs is 1. The first-order chi connectivity index (χ1) is 9.19. The van der Waals surface area contributed by atoms with Crippen LogP contribution in [-0.4, -0.2) is 16.8 Å². The van der Waals surface area contributed by atoms with Crippen LogP contribution in [0.4, 0.5) is 5.95 Å². The predicted octanol–water partition coefficient (Wildman–Crippen LogP) is 0.619. The van der Waals surface area contributed by atoms with Crippen molar-refractivity contribution >= 4 is 5.95 Å². The molecule has 0 atom stereocenters. The third kappa shape index (κ3) is 1.75. The molecule has 0 amide bonds. The lowest BCUT2D eigenvalue weighted by atomic mass is 10.1. The average Bonchev–Trinajstić information content (AvgIpc) is 2.85. The van der Waals surface area contributed by atoms with Gasteiger partial charge in [0.15, 0.2) is 11.5 Å². The van der Waals surface area contributed by atoms with Crippen LogP contribution in [0.2, 0.25) is 0 Å². The van der Waals surface area contributed by atoms with E-state index in [2.05, 4.69) is 9.97 Å². The second-order valence-electron chi connectivity index (χ2n) is 3.85. The number of nitrogens with one attached hydrogen (secondary N) is 1. The highest BCUT2D eigenvalue weighted by molar-refractivity contribution is 5.70. The Bertz CT molecular complexity index is 761. The number of H-pyrrole nitrogens is 1. The summed E-state index contributed by atoms with van der Waals surface area (Å²) in [6.45, 7) is 0.148. The SMILES string of the molecule is N#Cc1c(-c2ccc3c(c2)OCO3)nc(N)[nH]c1=O. The lowest BCUT2D eigenvalue weighted by Gasteiger charge is -2.05. The molecule has 19 heavy (non-hydrogen) atoms. The number of ether oxygens (including phenoxy) is 2. The number of hydrogen-bond acceptors (Lipinski definition) is 6. The Morgan fingerprint density at radius 1 is 1.37 bits per heavy atom. The van der Waals surface area contributed by atoms with Gasteiger partial charge >= 0.3 is 0 Å². The van der Waals surface area contributed by atoms with E-state index in [4.69, 9.17) is 20.5 Å². The summed E-state index contributed by atoms with van der Waals surface area (Å²) < 4.78 is 10.4. The molecule has 0 radical (unpaired) electrons. The van der Waals surface area contributed by atoms with Gasteiger partial charge in [0, 0.05) is 5.56 Å². The van der Waals surface area contributed by atoms with Crippen molar-refractivity contribution in [3.63, 3.8) is 0 Å². The zero-order valence-electron chi connectivity index (χ0n) is 9.64. The molecule has 3 rings (SSSR count). The Balaban J connectivity index is 2.23. The summed E-state index contributed by atoms with van der Waals surface area (Å²) in [6, 6.07) is 6.86. The first-order valence-corrected chi connectivity index (χ1v) is 5.39. The molecule has 0 saturated carbocycles. The molecule has 1 aromatic carbocycles. The maximum Gasteiger partial charge on any atom is 0.270 e. The minimum Gasteiger partial charge on any atom is -0.454 e. The molecule has 0 unspecified atom stereocenters. The number of aromatic amines is 1. The third-order valence-electron chi connectivity index (χ3n) is 2.70. The van der Waals surface area contributed by atoms with Crippen LogP contribution in [0.15, 0.2) is 23.0 Å². The van der Waals surface area contributed by atoms with Gasteiger partial charge in [-0.25, -0.2) is 4.98 Å². The highest BCUT2D eigenvalue weighted by atomic mass is 16.7. The van der Waals surface area contributed by atoms with E-state index in [0.29, 0.717) is 17.1 Å². The van der Waals surface area contributed by atoms with Crippen molar-refractivity contribution in [1.82, 2.24) is 9.97 Å². The molecule has 0 bridgehead atoms.